The zero-order valence-corrected chi connectivity index (χ0v) is 12.7. The fourth-order valence-corrected chi connectivity index (χ4v) is 2.58. The van der Waals surface area contributed by atoms with Gasteiger partial charge in [-0.1, -0.05) is 0 Å². The van der Waals surface area contributed by atoms with Gasteiger partial charge in [-0.2, -0.15) is 0 Å². The molecule has 2 rings (SSSR count). The van der Waals surface area contributed by atoms with Crippen LogP contribution in [0.15, 0.2) is 18.2 Å². The summed E-state index contributed by atoms with van der Waals surface area (Å²) in [5.41, 5.74) is 0.712. The van der Waals surface area contributed by atoms with Crippen LogP contribution in [0.25, 0.3) is 10.6 Å². The lowest BCUT2D eigenvalue weighted by Gasteiger charge is -2.07. The molecule has 1 aromatic carbocycles. The number of hydrogen-bond acceptors (Lipinski definition) is 7. The van der Waals surface area contributed by atoms with Gasteiger partial charge in [-0.05, 0) is 25.1 Å². The molecule has 0 radical (unpaired) electrons. The number of benzene rings is 1. The molecule has 21 heavy (non-hydrogen) atoms. The van der Waals surface area contributed by atoms with Crippen LogP contribution in [0.2, 0.25) is 0 Å². The van der Waals surface area contributed by atoms with Crippen LogP contribution in [0.3, 0.4) is 0 Å². The number of rotatable bonds is 5. The highest BCUT2D eigenvalue weighted by molar-refractivity contribution is 7.17. The molecule has 0 saturated heterocycles. The second-order valence-corrected chi connectivity index (χ2v) is 4.96. The molecule has 1 aromatic heterocycles. The highest BCUT2D eigenvalue weighted by Gasteiger charge is 2.20. The molecule has 1 N–H and O–H groups in total. The summed E-state index contributed by atoms with van der Waals surface area (Å²) in [5.74, 6) is 0.220. The normalized spacial score (nSPS) is 10.2. The number of aromatic nitrogens is 1. The molecule has 0 aliphatic heterocycles. The van der Waals surface area contributed by atoms with Gasteiger partial charge in [0, 0.05) is 5.56 Å². The minimum absolute atomic E-state index is 0.0848. The van der Waals surface area contributed by atoms with Crippen LogP contribution in [0.1, 0.15) is 16.6 Å². The van der Waals surface area contributed by atoms with Gasteiger partial charge >= 0.3 is 5.97 Å². The minimum Gasteiger partial charge on any atom is -0.493 e. The molecule has 0 atom stereocenters. The third kappa shape index (κ3) is 3.08. The molecule has 6 nitrogen and oxygen atoms in total. The molecular weight excluding hydrogens is 294 g/mol. The maximum atomic E-state index is 11.7. The zero-order chi connectivity index (χ0) is 15.4. The van der Waals surface area contributed by atoms with Gasteiger partial charge in [0.05, 0.1) is 20.8 Å². The molecule has 112 valence electrons. The lowest BCUT2D eigenvalue weighted by atomic mass is 10.2. The average Bonchev–Trinajstić information content (AvgIpc) is 2.88. The van der Waals surface area contributed by atoms with Gasteiger partial charge < -0.3 is 19.3 Å². The highest BCUT2D eigenvalue weighted by atomic mass is 32.1. The summed E-state index contributed by atoms with van der Waals surface area (Å²) in [6.07, 6.45) is 0. The first-order chi connectivity index (χ1) is 10.1. The Labute approximate surface area is 125 Å². The number of carbonyl (C=O) groups excluding carboxylic acids is 1. The summed E-state index contributed by atoms with van der Waals surface area (Å²) in [5, 5.41) is 10.3. The molecule has 0 spiro atoms. The van der Waals surface area contributed by atoms with Crippen molar-refractivity contribution in [2.24, 2.45) is 0 Å². The Morgan fingerprint density at radius 3 is 2.62 bits per heavy atom. The van der Waals surface area contributed by atoms with Crippen LogP contribution < -0.4 is 9.47 Å². The van der Waals surface area contributed by atoms with Crippen molar-refractivity contribution in [2.45, 2.75) is 6.92 Å². The van der Waals surface area contributed by atoms with E-state index in [1.165, 1.54) is 7.11 Å². The first-order valence-corrected chi connectivity index (χ1v) is 7.01. The first-order valence-electron chi connectivity index (χ1n) is 6.20. The second-order valence-electron chi connectivity index (χ2n) is 3.96. The van der Waals surface area contributed by atoms with Crippen molar-refractivity contribution >= 4 is 17.3 Å². The number of hydrogen-bond donors (Lipinski definition) is 1. The predicted molar refractivity (Wildman–Crippen MR) is 78.3 cm³/mol. The van der Waals surface area contributed by atoms with E-state index in [1.54, 1.807) is 32.2 Å². The molecule has 7 heteroatoms. The van der Waals surface area contributed by atoms with Crippen molar-refractivity contribution in [3.63, 3.8) is 0 Å². The Bertz CT molecular complexity index is 653. The van der Waals surface area contributed by atoms with Crippen LogP contribution in [0.4, 0.5) is 0 Å². The van der Waals surface area contributed by atoms with E-state index in [0.29, 0.717) is 22.1 Å². The Morgan fingerprint density at radius 1 is 1.29 bits per heavy atom. The average molecular weight is 309 g/mol. The summed E-state index contributed by atoms with van der Waals surface area (Å²) >= 11 is 1.06. The van der Waals surface area contributed by atoms with E-state index in [4.69, 9.17) is 14.2 Å². The number of methoxy groups -OCH3 is 2. The maximum Gasteiger partial charge on any atom is 0.353 e. The van der Waals surface area contributed by atoms with Gasteiger partial charge in [-0.3, -0.25) is 0 Å². The Kier molecular flexibility index (Phi) is 4.64. The Morgan fingerprint density at radius 2 is 2.00 bits per heavy atom. The van der Waals surface area contributed by atoms with E-state index in [2.05, 4.69) is 4.98 Å². The third-order valence-corrected chi connectivity index (χ3v) is 3.77. The molecule has 0 amide bonds. The monoisotopic (exact) mass is 309 g/mol. The molecule has 0 fully saturated rings. The summed E-state index contributed by atoms with van der Waals surface area (Å²) < 4.78 is 15.2. The lowest BCUT2D eigenvalue weighted by Crippen LogP contribution is -2.02. The predicted octanol–water partition coefficient (Wildman–Crippen LogP) is 2.71. The van der Waals surface area contributed by atoms with Gasteiger partial charge in [0.2, 0.25) is 5.88 Å². The number of aromatic hydroxyl groups is 1. The van der Waals surface area contributed by atoms with Crippen molar-refractivity contribution in [3.8, 4) is 28.0 Å². The number of thiazole rings is 1. The summed E-state index contributed by atoms with van der Waals surface area (Å²) in [7, 11) is 3.08. The molecule has 0 bridgehead atoms. The topological polar surface area (TPSA) is 77.9 Å². The second kappa shape index (κ2) is 6.45. The standard InChI is InChI=1S/C14H15NO5S/c1-4-20-14(17)11-12(16)15-13(21-11)8-5-6-9(18-2)10(7-8)19-3/h5-7,16H,4H2,1-3H3. The SMILES string of the molecule is CCOC(=O)c1sc(-c2ccc(OC)c(OC)c2)nc1O. The van der Waals surface area contributed by atoms with Crippen LogP contribution in [0, 0.1) is 0 Å². The van der Waals surface area contributed by atoms with Gasteiger partial charge in [-0.15, -0.1) is 11.3 Å². The molecule has 0 unspecified atom stereocenters. The van der Waals surface area contributed by atoms with Gasteiger partial charge in [0.15, 0.2) is 16.4 Å². The van der Waals surface area contributed by atoms with Gasteiger partial charge in [-0.25, -0.2) is 9.78 Å². The molecule has 0 aliphatic rings. The zero-order valence-electron chi connectivity index (χ0n) is 11.9. The smallest absolute Gasteiger partial charge is 0.353 e. The number of esters is 1. The van der Waals surface area contributed by atoms with E-state index in [-0.39, 0.29) is 17.4 Å². The minimum atomic E-state index is -0.584. The summed E-state index contributed by atoms with van der Waals surface area (Å²) in [6, 6.07) is 5.23. The van der Waals surface area contributed by atoms with E-state index < -0.39 is 5.97 Å². The van der Waals surface area contributed by atoms with Crippen molar-refractivity contribution < 1.29 is 24.1 Å². The number of ether oxygens (including phenoxy) is 3. The molecular formula is C14H15NO5S. The highest BCUT2D eigenvalue weighted by Crippen LogP contribution is 2.36. The molecule has 0 aliphatic carbocycles. The quantitative estimate of drug-likeness (QED) is 0.856. The van der Waals surface area contributed by atoms with Crippen LogP contribution in [0.5, 0.6) is 17.4 Å². The van der Waals surface area contributed by atoms with Crippen LogP contribution >= 0.6 is 11.3 Å². The van der Waals surface area contributed by atoms with Crippen molar-refractivity contribution in [1.82, 2.24) is 4.98 Å². The fourth-order valence-electron chi connectivity index (χ4n) is 1.73. The van der Waals surface area contributed by atoms with Crippen LogP contribution in [-0.4, -0.2) is 36.9 Å². The Balaban J connectivity index is 2.39. The maximum absolute atomic E-state index is 11.7. The van der Waals surface area contributed by atoms with Crippen molar-refractivity contribution in [2.75, 3.05) is 20.8 Å². The third-order valence-electron chi connectivity index (χ3n) is 2.70. The number of carbonyl (C=O) groups is 1. The van der Waals surface area contributed by atoms with Crippen LogP contribution in [-0.2, 0) is 4.74 Å². The van der Waals surface area contributed by atoms with Crippen molar-refractivity contribution in [1.29, 1.82) is 0 Å². The number of nitrogens with zero attached hydrogens (tertiary/aromatic N) is 1. The lowest BCUT2D eigenvalue weighted by molar-refractivity contribution is 0.0528. The van der Waals surface area contributed by atoms with Gasteiger partial charge in [0.25, 0.3) is 0 Å². The van der Waals surface area contributed by atoms with E-state index in [0.717, 1.165) is 11.3 Å². The fraction of sp³-hybridized carbons (Fsp3) is 0.286. The van der Waals surface area contributed by atoms with Gasteiger partial charge in [0.1, 0.15) is 5.01 Å². The summed E-state index contributed by atoms with van der Waals surface area (Å²) in [4.78, 5) is 15.8. The molecule has 2 aromatic rings. The first kappa shape index (κ1) is 15.1. The molecule has 0 saturated carbocycles. The van der Waals surface area contributed by atoms with E-state index >= 15 is 0 Å². The Hall–Kier alpha value is -2.28. The largest absolute Gasteiger partial charge is 0.493 e. The molecule has 1 heterocycles. The van der Waals surface area contributed by atoms with E-state index in [1.807, 2.05) is 0 Å². The van der Waals surface area contributed by atoms with E-state index in [9.17, 15) is 9.90 Å². The summed E-state index contributed by atoms with van der Waals surface area (Å²) in [6.45, 7) is 1.94. The van der Waals surface area contributed by atoms with Crippen molar-refractivity contribution in [3.05, 3.63) is 23.1 Å².